The minimum Gasteiger partial charge on any atom is -0.256 e. The van der Waals surface area contributed by atoms with Gasteiger partial charge < -0.3 is 0 Å². The number of hydrogen-bond acceptors (Lipinski definition) is 20. The van der Waals surface area contributed by atoms with Gasteiger partial charge in [-0.2, -0.15) is 42.1 Å². The zero-order valence-corrected chi connectivity index (χ0v) is 62.3. The highest BCUT2D eigenvalue weighted by molar-refractivity contribution is 6.42. The SMILES string of the molecule is N#Cc1nc2c3ccccc3c3c4ccccc4c4ccccc4c3c2nc1C#N.N#Cc1nc2c3cccnc3c3c4ccccc4c4ccccc4c3c2nc1C#N.N#Cc1nc2c3ncccc3c3c4ccccc4c4ccccc4c3c2nc1C#N.N#Cc1nc2c3nccnc3c3c4ccccc4c4ccccc4c3c2nc1C#N. The molecule has 0 saturated heterocycles. The molecule has 24 aromatic rings. The molecule has 20 heteroatoms. The number of benzene rings is 17. The van der Waals surface area contributed by atoms with Crippen LogP contribution in [0.5, 0.6) is 0 Å². The van der Waals surface area contributed by atoms with Gasteiger partial charge in [0.15, 0.2) is 45.6 Å². The van der Waals surface area contributed by atoms with Gasteiger partial charge in [0.25, 0.3) is 0 Å². The first-order valence-electron chi connectivity index (χ1n) is 37.7. The van der Waals surface area contributed by atoms with Crippen molar-refractivity contribution in [3.8, 4) is 48.6 Å². The van der Waals surface area contributed by atoms with Gasteiger partial charge in [0.2, 0.25) is 0 Å². The van der Waals surface area contributed by atoms with Crippen LogP contribution in [0.1, 0.15) is 45.6 Å². The van der Waals surface area contributed by atoms with Gasteiger partial charge in [0.1, 0.15) is 81.7 Å². The van der Waals surface area contributed by atoms with E-state index in [9.17, 15) is 42.1 Å². The van der Waals surface area contributed by atoms with E-state index < -0.39 is 0 Å². The third-order valence-electron chi connectivity index (χ3n) is 22.3. The third kappa shape index (κ3) is 10.4. The van der Waals surface area contributed by atoms with Gasteiger partial charge in [0, 0.05) is 84.0 Å². The Hall–Kier alpha value is -18.4. The Morgan fingerprint density at radius 2 is 0.325 bits per heavy atom. The summed E-state index contributed by atoms with van der Waals surface area (Å²) < 4.78 is 0. The molecule has 0 spiro atoms. The second kappa shape index (κ2) is 27.7. The van der Waals surface area contributed by atoms with Crippen LogP contribution in [0.25, 0.3) is 217 Å². The lowest BCUT2D eigenvalue weighted by Crippen LogP contribution is -1.99. The number of pyridine rings is 2. The standard InChI is InChI=1S/C26H12N4.2C25H11N5.C24H10N6/c27-13-21-22(14-28)30-26-24-18-10-4-2-8-16(18)15-7-1-3-9-17(15)23(24)19-11-5-6-12-20(19)25(26)29-21;26-12-19-20(13-27)30-25-22-17-9-4-2-7-15(17)14-6-1-3-8-16(14)21(22)23-18(24(25)29-19)10-5-11-28-23;26-12-19-20(13-27)30-25-23-18(10-5-11-28-23)21-16-8-3-1-6-14(16)15-7-2-4-9-17(15)22(21)24(25)29-19;25-11-17-18(12-26)30-24-22(29-17)20-16-8-4-2-6-14(16)13-5-1-3-7-15(13)19(20)21-23(24)28-10-9-27-21/h1-12H;2*1-11H;1-10H. The number of hydrogen-bond donors (Lipinski definition) is 0. The molecular formula is C100H44N20. The summed E-state index contributed by atoms with van der Waals surface area (Å²) in [5.41, 5.74) is 7.61. The number of nitriles is 8. The summed E-state index contributed by atoms with van der Waals surface area (Å²) in [6.45, 7) is 0. The van der Waals surface area contributed by atoms with E-state index in [1.54, 1.807) is 24.8 Å². The minimum atomic E-state index is -0.0126. The average molecular weight is 1530 g/mol. The van der Waals surface area contributed by atoms with Crippen LogP contribution in [-0.4, -0.2) is 59.8 Å². The molecular weight excluding hydrogens is 1480 g/mol. The van der Waals surface area contributed by atoms with E-state index in [4.69, 9.17) is 4.98 Å². The van der Waals surface area contributed by atoms with Gasteiger partial charge in [-0.1, -0.05) is 224 Å². The van der Waals surface area contributed by atoms with Crippen molar-refractivity contribution in [1.29, 1.82) is 42.1 Å². The molecule has 0 saturated carbocycles. The first-order valence-corrected chi connectivity index (χ1v) is 37.7. The van der Waals surface area contributed by atoms with Crippen molar-refractivity contribution >= 4 is 217 Å². The highest BCUT2D eigenvalue weighted by Gasteiger charge is 2.26. The van der Waals surface area contributed by atoms with Crippen molar-refractivity contribution < 1.29 is 0 Å². The van der Waals surface area contributed by atoms with Crippen LogP contribution in [0, 0.1) is 90.6 Å². The summed E-state index contributed by atoms with van der Waals surface area (Å²) >= 11 is 0. The zero-order chi connectivity index (χ0) is 81.0. The lowest BCUT2D eigenvalue weighted by molar-refractivity contribution is 1.20. The molecule has 24 rings (SSSR count). The average Bonchev–Trinajstić information content (AvgIpc) is 0.723. The van der Waals surface area contributed by atoms with Gasteiger partial charge in [-0.25, -0.2) is 39.9 Å². The van der Waals surface area contributed by atoms with Crippen LogP contribution in [0.4, 0.5) is 0 Å². The van der Waals surface area contributed by atoms with Crippen LogP contribution in [0.15, 0.2) is 267 Å². The summed E-state index contributed by atoms with van der Waals surface area (Å²) in [7, 11) is 0. The van der Waals surface area contributed by atoms with Crippen molar-refractivity contribution in [1.82, 2.24) is 59.8 Å². The minimum absolute atomic E-state index is 0.00628. The molecule has 120 heavy (non-hydrogen) atoms. The van der Waals surface area contributed by atoms with E-state index in [2.05, 4.69) is 158 Å². The Kier molecular flexibility index (Phi) is 16.1. The van der Waals surface area contributed by atoms with Gasteiger partial charge in [-0.3, -0.25) is 19.9 Å². The quantitative estimate of drug-likeness (QED) is 0.127. The summed E-state index contributed by atoms with van der Waals surface area (Å²) in [6.07, 6.45) is 6.73. The molecule has 0 aliphatic carbocycles. The second-order valence-electron chi connectivity index (χ2n) is 28.3. The second-order valence-corrected chi connectivity index (χ2v) is 28.3. The van der Waals surface area contributed by atoms with Crippen molar-refractivity contribution in [3.63, 3.8) is 0 Å². The molecule has 544 valence electrons. The fourth-order valence-corrected chi connectivity index (χ4v) is 17.6. The Morgan fingerprint density at radius 1 is 0.133 bits per heavy atom. The predicted molar refractivity (Wildman–Crippen MR) is 467 cm³/mol. The fraction of sp³-hybridized carbons (Fsp3) is 0. The van der Waals surface area contributed by atoms with E-state index in [1.165, 1.54) is 5.39 Å². The Morgan fingerprint density at radius 3 is 0.658 bits per heavy atom. The summed E-state index contributed by atoms with van der Waals surface area (Å²) in [6, 6.07) is 97.6. The molecule has 0 atom stereocenters. The van der Waals surface area contributed by atoms with Crippen LogP contribution >= 0.6 is 0 Å². The van der Waals surface area contributed by atoms with Crippen molar-refractivity contribution in [2.45, 2.75) is 0 Å². The molecule has 0 unspecified atom stereocenters. The van der Waals surface area contributed by atoms with Gasteiger partial charge in [-0.15, -0.1) is 0 Å². The molecule has 7 heterocycles. The highest BCUT2D eigenvalue weighted by atomic mass is 14.9. The number of fused-ring (bicyclic) bond motifs is 44. The Balaban J connectivity index is 0.0000000990. The highest BCUT2D eigenvalue weighted by Crippen LogP contribution is 2.48. The van der Waals surface area contributed by atoms with Crippen LogP contribution in [0.2, 0.25) is 0 Å². The van der Waals surface area contributed by atoms with Crippen LogP contribution < -0.4 is 0 Å². The Bertz CT molecular complexity index is 8130. The van der Waals surface area contributed by atoms with Gasteiger partial charge in [0.05, 0.1) is 33.1 Å². The lowest BCUT2D eigenvalue weighted by Gasteiger charge is -2.15. The van der Waals surface area contributed by atoms with E-state index in [1.807, 2.05) is 188 Å². The third-order valence-corrected chi connectivity index (χ3v) is 22.3. The van der Waals surface area contributed by atoms with E-state index >= 15 is 0 Å². The smallest absolute Gasteiger partial charge is 0.177 e. The van der Waals surface area contributed by atoms with E-state index in [-0.39, 0.29) is 45.6 Å². The van der Waals surface area contributed by atoms with Crippen molar-refractivity contribution in [2.75, 3.05) is 0 Å². The van der Waals surface area contributed by atoms with Gasteiger partial charge >= 0.3 is 0 Å². The molecule has 0 amide bonds. The topological polar surface area (TPSA) is 345 Å². The maximum absolute atomic E-state index is 9.58. The Labute approximate surface area is 676 Å². The van der Waals surface area contributed by atoms with Crippen LogP contribution in [-0.2, 0) is 0 Å². The molecule has 17 aromatic carbocycles. The molecule has 7 aromatic heterocycles. The summed E-state index contributed by atoms with van der Waals surface area (Å²) in [4.78, 5) is 55.0. The first kappa shape index (κ1) is 69.5. The lowest BCUT2D eigenvalue weighted by atomic mass is 9.90. The van der Waals surface area contributed by atoms with Gasteiger partial charge in [-0.05, 0) is 110 Å². The first-order chi connectivity index (χ1) is 59.3. The molecule has 0 aliphatic heterocycles. The predicted octanol–water partition coefficient (Wildman–Crippen LogP) is 21.5. The largest absolute Gasteiger partial charge is 0.256 e. The number of rotatable bonds is 0. The zero-order valence-electron chi connectivity index (χ0n) is 62.3. The normalized spacial score (nSPS) is 11.3. The summed E-state index contributed by atoms with van der Waals surface area (Å²) in [5, 5.41) is 105. The maximum Gasteiger partial charge on any atom is 0.177 e. The molecule has 20 nitrogen and oxygen atoms in total. The van der Waals surface area contributed by atoms with Crippen molar-refractivity contribution in [3.05, 3.63) is 313 Å². The molecule has 0 bridgehead atoms. The molecule has 0 radical (unpaired) electrons. The molecule has 0 aliphatic rings. The maximum atomic E-state index is 9.58. The summed E-state index contributed by atoms with van der Waals surface area (Å²) in [5.74, 6) is 0. The number of aromatic nitrogens is 12. The fourth-order valence-electron chi connectivity index (χ4n) is 17.6. The monoisotopic (exact) mass is 1520 g/mol. The van der Waals surface area contributed by atoms with E-state index in [0.717, 1.165) is 151 Å². The molecule has 0 fully saturated rings. The number of nitrogens with zero attached hydrogens (tertiary/aromatic N) is 20. The molecule has 0 N–H and O–H groups in total. The van der Waals surface area contributed by atoms with Crippen molar-refractivity contribution in [2.24, 2.45) is 0 Å². The van der Waals surface area contributed by atoms with E-state index in [0.29, 0.717) is 60.7 Å². The van der Waals surface area contributed by atoms with Crippen LogP contribution in [0.3, 0.4) is 0 Å².